The second kappa shape index (κ2) is 7.28. The van der Waals surface area contributed by atoms with E-state index in [1.807, 2.05) is 0 Å². The Labute approximate surface area is 128 Å². The lowest BCUT2D eigenvalue weighted by Crippen LogP contribution is -2.26. The molecule has 1 N–H and O–H groups in total. The van der Waals surface area contributed by atoms with Crippen molar-refractivity contribution in [3.63, 3.8) is 0 Å². The number of benzene rings is 1. The second-order valence-corrected chi connectivity index (χ2v) is 7.09. The van der Waals surface area contributed by atoms with Gasteiger partial charge in [-0.25, -0.2) is 0 Å². The van der Waals surface area contributed by atoms with E-state index in [4.69, 9.17) is 9.84 Å². The van der Waals surface area contributed by atoms with Crippen LogP contribution in [0.15, 0.2) is 24.3 Å². The van der Waals surface area contributed by atoms with Gasteiger partial charge in [0.2, 0.25) is 0 Å². The zero-order chi connectivity index (χ0) is 15.3. The largest absolute Gasteiger partial charge is 0.492 e. The average Bonchev–Trinajstić information content (AvgIpc) is 2.86. The fourth-order valence-electron chi connectivity index (χ4n) is 2.88. The minimum atomic E-state index is 0.190. The van der Waals surface area contributed by atoms with E-state index in [0.29, 0.717) is 12.5 Å². The lowest BCUT2D eigenvalue weighted by Gasteiger charge is -2.19. The fraction of sp³-hybridized carbons (Fsp3) is 0.667. The Morgan fingerprint density at radius 3 is 2.57 bits per heavy atom. The third-order valence-electron chi connectivity index (χ3n) is 4.30. The van der Waals surface area contributed by atoms with Crippen LogP contribution in [0.25, 0.3) is 0 Å². The van der Waals surface area contributed by atoms with Gasteiger partial charge >= 0.3 is 0 Å². The molecule has 0 radical (unpaired) electrons. The molecule has 2 rings (SSSR count). The summed E-state index contributed by atoms with van der Waals surface area (Å²) in [6.07, 6.45) is 2.15. The Hall–Kier alpha value is -1.06. The van der Waals surface area contributed by atoms with Gasteiger partial charge < -0.3 is 9.84 Å². The van der Waals surface area contributed by atoms with Gasteiger partial charge in [-0.3, -0.25) is 4.90 Å². The van der Waals surface area contributed by atoms with Gasteiger partial charge in [0.05, 0.1) is 0 Å². The van der Waals surface area contributed by atoms with Crippen LogP contribution >= 0.6 is 0 Å². The molecule has 1 fully saturated rings. The highest BCUT2D eigenvalue weighted by Gasteiger charge is 2.21. The highest BCUT2D eigenvalue weighted by molar-refractivity contribution is 5.31. The Morgan fingerprint density at radius 1 is 1.24 bits per heavy atom. The normalized spacial score (nSPS) is 19.9. The van der Waals surface area contributed by atoms with Crippen molar-refractivity contribution in [2.45, 2.75) is 39.0 Å². The smallest absolute Gasteiger partial charge is 0.119 e. The molecule has 0 aromatic heterocycles. The molecule has 0 saturated carbocycles. The van der Waals surface area contributed by atoms with Crippen LogP contribution in [0.5, 0.6) is 5.75 Å². The summed E-state index contributed by atoms with van der Waals surface area (Å²) in [7, 11) is 0. The van der Waals surface area contributed by atoms with Crippen LogP contribution in [0.3, 0.4) is 0 Å². The first-order valence-electron chi connectivity index (χ1n) is 8.05. The molecule has 118 valence electrons. The van der Waals surface area contributed by atoms with E-state index in [0.717, 1.165) is 38.4 Å². The number of hydrogen-bond donors (Lipinski definition) is 1. The topological polar surface area (TPSA) is 32.7 Å². The van der Waals surface area contributed by atoms with Crippen molar-refractivity contribution in [1.82, 2.24) is 4.90 Å². The SMILES string of the molecule is CC(C)(C)c1ccc(OCCN2CCC(CCO)C2)cc1. The Morgan fingerprint density at radius 2 is 1.95 bits per heavy atom. The van der Waals surface area contributed by atoms with Crippen LogP contribution in [-0.2, 0) is 5.41 Å². The zero-order valence-electron chi connectivity index (χ0n) is 13.6. The first-order valence-corrected chi connectivity index (χ1v) is 8.05. The first-order chi connectivity index (χ1) is 9.99. The number of nitrogens with zero attached hydrogens (tertiary/aromatic N) is 1. The maximum atomic E-state index is 8.97. The number of likely N-dealkylation sites (tertiary alicyclic amines) is 1. The summed E-state index contributed by atoms with van der Waals surface area (Å²) in [4.78, 5) is 2.43. The molecule has 0 spiro atoms. The van der Waals surface area contributed by atoms with E-state index in [1.54, 1.807) is 0 Å². The number of rotatable bonds is 6. The van der Waals surface area contributed by atoms with E-state index in [9.17, 15) is 0 Å². The van der Waals surface area contributed by atoms with Crippen molar-refractivity contribution in [3.05, 3.63) is 29.8 Å². The van der Waals surface area contributed by atoms with Gasteiger partial charge in [0.25, 0.3) is 0 Å². The maximum Gasteiger partial charge on any atom is 0.119 e. The number of aliphatic hydroxyl groups is 1. The molecule has 3 heteroatoms. The lowest BCUT2D eigenvalue weighted by molar-refractivity contribution is 0.222. The van der Waals surface area contributed by atoms with Crippen molar-refractivity contribution in [3.8, 4) is 5.75 Å². The van der Waals surface area contributed by atoms with Gasteiger partial charge in [-0.2, -0.15) is 0 Å². The maximum absolute atomic E-state index is 8.97. The Bertz CT molecular complexity index is 422. The quantitative estimate of drug-likeness (QED) is 0.874. The van der Waals surface area contributed by atoms with Crippen LogP contribution in [0.2, 0.25) is 0 Å². The van der Waals surface area contributed by atoms with Crippen LogP contribution in [0.4, 0.5) is 0 Å². The standard InChI is InChI=1S/C18H29NO2/c1-18(2,3)16-4-6-17(7-5-16)21-13-11-19-10-8-15(14-19)9-12-20/h4-7,15,20H,8-14H2,1-3H3. The van der Waals surface area contributed by atoms with Gasteiger partial charge in [0.1, 0.15) is 12.4 Å². The predicted octanol–water partition coefficient (Wildman–Crippen LogP) is 3.07. The number of hydrogen-bond acceptors (Lipinski definition) is 3. The molecule has 21 heavy (non-hydrogen) atoms. The fourth-order valence-corrected chi connectivity index (χ4v) is 2.88. The average molecular weight is 291 g/mol. The van der Waals surface area contributed by atoms with Crippen molar-refractivity contribution in [2.75, 3.05) is 32.8 Å². The van der Waals surface area contributed by atoms with Crippen molar-refractivity contribution in [2.24, 2.45) is 5.92 Å². The zero-order valence-corrected chi connectivity index (χ0v) is 13.6. The van der Waals surface area contributed by atoms with Crippen LogP contribution in [0.1, 0.15) is 39.2 Å². The Kier molecular flexibility index (Phi) is 5.65. The highest BCUT2D eigenvalue weighted by Crippen LogP contribution is 2.24. The summed E-state index contributed by atoms with van der Waals surface area (Å²) >= 11 is 0. The molecule has 1 aromatic carbocycles. The van der Waals surface area contributed by atoms with Crippen LogP contribution in [-0.4, -0.2) is 42.9 Å². The molecular weight excluding hydrogens is 262 g/mol. The van der Waals surface area contributed by atoms with E-state index < -0.39 is 0 Å². The van der Waals surface area contributed by atoms with Crippen LogP contribution in [0, 0.1) is 5.92 Å². The summed E-state index contributed by atoms with van der Waals surface area (Å²) in [5.41, 5.74) is 1.52. The minimum absolute atomic E-state index is 0.190. The van der Waals surface area contributed by atoms with Crippen molar-refractivity contribution >= 4 is 0 Å². The summed E-state index contributed by atoms with van der Waals surface area (Å²) in [6, 6.07) is 8.45. The predicted molar refractivity (Wildman–Crippen MR) is 86.9 cm³/mol. The van der Waals surface area contributed by atoms with Gasteiger partial charge in [-0.15, -0.1) is 0 Å². The molecule has 0 aliphatic carbocycles. The van der Waals surface area contributed by atoms with Crippen molar-refractivity contribution in [1.29, 1.82) is 0 Å². The molecule has 1 aromatic rings. The molecule has 1 aliphatic heterocycles. The van der Waals surface area contributed by atoms with Gasteiger partial charge in [-0.1, -0.05) is 32.9 Å². The molecular formula is C18H29NO2. The molecule has 0 amide bonds. The molecule has 1 unspecified atom stereocenters. The lowest BCUT2D eigenvalue weighted by atomic mass is 9.87. The molecule has 0 bridgehead atoms. The molecule has 1 aliphatic rings. The summed E-state index contributed by atoms with van der Waals surface area (Å²) in [5, 5.41) is 8.97. The molecule has 1 heterocycles. The second-order valence-electron chi connectivity index (χ2n) is 7.09. The summed E-state index contributed by atoms with van der Waals surface area (Å²) in [5.74, 6) is 1.62. The molecule has 3 nitrogen and oxygen atoms in total. The third kappa shape index (κ3) is 5.01. The summed E-state index contributed by atoms with van der Waals surface area (Å²) < 4.78 is 5.84. The van der Waals surface area contributed by atoms with Gasteiger partial charge in [0, 0.05) is 19.7 Å². The summed E-state index contributed by atoms with van der Waals surface area (Å²) in [6.45, 7) is 10.9. The number of aliphatic hydroxyl groups excluding tert-OH is 1. The highest BCUT2D eigenvalue weighted by atomic mass is 16.5. The van der Waals surface area contributed by atoms with E-state index in [2.05, 4.69) is 49.9 Å². The van der Waals surface area contributed by atoms with Gasteiger partial charge in [-0.05, 0) is 48.4 Å². The number of ether oxygens (including phenoxy) is 1. The van der Waals surface area contributed by atoms with Crippen LogP contribution < -0.4 is 4.74 Å². The molecule has 1 saturated heterocycles. The first kappa shape index (κ1) is 16.3. The minimum Gasteiger partial charge on any atom is -0.492 e. The third-order valence-corrected chi connectivity index (χ3v) is 4.30. The van der Waals surface area contributed by atoms with Gasteiger partial charge in [0.15, 0.2) is 0 Å². The monoisotopic (exact) mass is 291 g/mol. The molecule has 1 atom stereocenters. The Balaban J connectivity index is 1.72. The van der Waals surface area contributed by atoms with E-state index in [1.165, 1.54) is 12.0 Å². The van der Waals surface area contributed by atoms with E-state index >= 15 is 0 Å². The van der Waals surface area contributed by atoms with E-state index in [-0.39, 0.29) is 5.41 Å². The van der Waals surface area contributed by atoms with Crippen molar-refractivity contribution < 1.29 is 9.84 Å².